The normalized spacial score (nSPS) is 10.8. The summed E-state index contributed by atoms with van der Waals surface area (Å²) in [5.74, 6) is 0.837. The highest BCUT2D eigenvalue weighted by Crippen LogP contribution is 2.33. The number of methoxy groups -OCH3 is 1. The maximum atomic E-state index is 9.71. The van der Waals surface area contributed by atoms with Crippen molar-refractivity contribution in [3.05, 3.63) is 36.2 Å². The molecule has 1 aromatic carbocycles. The Kier molecular flexibility index (Phi) is 2.59. The average molecular weight is 256 g/mol. The number of ether oxygens (including phenoxy) is 1. The van der Waals surface area contributed by atoms with Crippen molar-refractivity contribution in [2.45, 2.75) is 6.92 Å². The second kappa shape index (κ2) is 4.28. The first-order chi connectivity index (χ1) is 9.19. The summed E-state index contributed by atoms with van der Waals surface area (Å²) in [6.07, 6.45) is 0. The minimum absolute atomic E-state index is 0.234. The van der Waals surface area contributed by atoms with E-state index in [1.165, 1.54) is 0 Å². The maximum absolute atomic E-state index is 9.71. The zero-order valence-corrected chi connectivity index (χ0v) is 10.5. The molecule has 0 spiro atoms. The quantitative estimate of drug-likeness (QED) is 0.763. The first-order valence-corrected chi connectivity index (χ1v) is 5.79. The van der Waals surface area contributed by atoms with Gasteiger partial charge in [-0.3, -0.25) is 0 Å². The molecule has 0 aliphatic carbocycles. The van der Waals surface area contributed by atoms with Gasteiger partial charge in [0, 0.05) is 18.4 Å². The number of fused-ring (bicyclic) bond motifs is 1. The molecule has 0 amide bonds. The van der Waals surface area contributed by atoms with Crippen molar-refractivity contribution < 1.29 is 14.3 Å². The summed E-state index contributed by atoms with van der Waals surface area (Å²) in [5, 5.41) is 10.6. The van der Waals surface area contributed by atoms with Gasteiger partial charge >= 0.3 is 5.95 Å². The van der Waals surface area contributed by atoms with E-state index in [2.05, 4.69) is 9.97 Å². The fraction of sp³-hybridized carbons (Fsp3) is 0.143. The van der Waals surface area contributed by atoms with Gasteiger partial charge in [-0.1, -0.05) is 12.1 Å². The van der Waals surface area contributed by atoms with Gasteiger partial charge < -0.3 is 14.3 Å². The first kappa shape index (κ1) is 11.5. The van der Waals surface area contributed by atoms with Gasteiger partial charge in [-0.05, 0) is 12.1 Å². The number of aromatic hydroxyl groups is 1. The van der Waals surface area contributed by atoms with E-state index in [1.807, 2.05) is 24.3 Å². The van der Waals surface area contributed by atoms with E-state index in [4.69, 9.17) is 9.15 Å². The van der Waals surface area contributed by atoms with Crippen LogP contribution in [0.25, 0.3) is 22.3 Å². The molecule has 0 saturated carbocycles. The molecule has 2 aromatic heterocycles. The molecule has 0 aliphatic rings. The topological polar surface area (TPSA) is 68.4 Å². The minimum Gasteiger partial charge on any atom is -0.496 e. The zero-order valence-electron chi connectivity index (χ0n) is 10.5. The zero-order chi connectivity index (χ0) is 13.4. The summed E-state index contributed by atoms with van der Waals surface area (Å²) in [4.78, 5) is 8.59. The standard InChI is InChI=1S/C14H12N2O3/c1-8-15-13(14(17)19-8)11-7-12(18-2)9-5-3-4-6-10(9)16-11/h3-7,17H,1-2H3. The number of benzene rings is 1. The number of hydrogen-bond acceptors (Lipinski definition) is 5. The Morgan fingerprint density at radius 1 is 1.21 bits per heavy atom. The van der Waals surface area contributed by atoms with E-state index in [0.29, 0.717) is 23.0 Å². The van der Waals surface area contributed by atoms with Crippen LogP contribution in [0.1, 0.15) is 5.89 Å². The van der Waals surface area contributed by atoms with Crippen molar-refractivity contribution in [1.29, 1.82) is 0 Å². The second-order valence-corrected chi connectivity index (χ2v) is 4.11. The number of aromatic nitrogens is 2. The summed E-state index contributed by atoms with van der Waals surface area (Å²) in [5.41, 5.74) is 1.61. The number of aryl methyl sites for hydroxylation is 1. The number of para-hydroxylation sites is 1. The summed E-state index contributed by atoms with van der Waals surface area (Å²) < 4.78 is 10.4. The third-order valence-corrected chi connectivity index (χ3v) is 2.86. The molecule has 0 unspecified atom stereocenters. The third-order valence-electron chi connectivity index (χ3n) is 2.86. The van der Waals surface area contributed by atoms with Crippen molar-refractivity contribution >= 4 is 10.9 Å². The number of pyridine rings is 1. The van der Waals surface area contributed by atoms with Crippen LogP contribution in [0.2, 0.25) is 0 Å². The third kappa shape index (κ3) is 1.89. The molecule has 5 heteroatoms. The van der Waals surface area contributed by atoms with Gasteiger partial charge in [0.15, 0.2) is 11.6 Å². The Hall–Kier alpha value is -2.56. The predicted octanol–water partition coefficient (Wildman–Crippen LogP) is 2.91. The van der Waals surface area contributed by atoms with Crippen molar-refractivity contribution in [2.75, 3.05) is 7.11 Å². The van der Waals surface area contributed by atoms with Crippen LogP contribution in [0.4, 0.5) is 0 Å². The summed E-state index contributed by atoms with van der Waals surface area (Å²) >= 11 is 0. The smallest absolute Gasteiger partial charge is 0.312 e. The van der Waals surface area contributed by atoms with Crippen LogP contribution in [-0.2, 0) is 0 Å². The van der Waals surface area contributed by atoms with Gasteiger partial charge in [-0.25, -0.2) is 9.97 Å². The Morgan fingerprint density at radius 3 is 2.68 bits per heavy atom. The molecule has 0 atom stereocenters. The summed E-state index contributed by atoms with van der Waals surface area (Å²) in [6, 6.07) is 9.36. The molecule has 0 aliphatic heterocycles. The van der Waals surface area contributed by atoms with Gasteiger partial charge in [-0.2, -0.15) is 0 Å². The number of nitrogens with zero attached hydrogens (tertiary/aromatic N) is 2. The van der Waals surface area contributed by atoms with E-state index >= 15 is 0 Å². The highest BCUT2D eigenvalue weighted by molar-refractivity contribution is 5.87. The fourth-order valence-corrected chi connectivity index (χ4v) is 2.02. The molecule has 5 nitrogen and oxygen atoms in total. The van der Waals surface area contributed by atoms with Crippen LogP contribution in [-0.4, -0.2) is 22.2 Å². The van der Waals surface area contributed by atoms with E-state index < -0.39 is 0 Å². The SMILES string of the molecule is COc1cc(-c2nc(C)oc2O)nc2ccccc12. The average Bonchev–Trinajstić information content (AvgIpc) is 2.76. The maximum Gasteiger partial charge on any atom is 0.312 e. The van der Waals surface area contributed by atoms with E-state index in [0.717, 1.165) is 10.9 Å². The Labute approximate surface area is 109 Å². The van der Waals surface area contributed by atoms with Crippen molar-refractivity contribution in [3.8, 4) is 23.1 Å². The van der Waals surface area contributed by atoms with Crippen molar-refractivity contribution in [1.82, 2.24) is 9.97 Å². The molecule has 0 radical (unpaired) electrons. The number of oxazole rings is 1. The van der Waals surface area contributed by atoms with E-state index in [-0.39, 0.29) is 5.95 Å². The molecule has 0 bridgehead atoms. The van der Waals surface area contributed by atoms with Crippen molar-refractivity contribution in [2.24, 2.45) is 0 Å². The second-order valence-electron chi connectivity index (χ2n) is 4.11. The molecule has 3 rings (SSSR count). The molecule has 19 heavy (non-hydrogen) atoms. The van der Waals surface area contributed by atoms with Crippen molar-refractivity contribution in [3.63, 3.8) is 0 Å². The molecule has 1 N–H and O–H groups in total. The minimum atomic E-state index is -0.234. The Bertz CT molecular complexity index is 750. The molecular formula is C14H12N2O3. The molecule has 2 heterocycles. The molecule has 3 aromatic rings. The summed E-state index contributed by atoms with van der Waals surface area (Å²) in [7, 11) is 1.60. The van der Waals surface area contributed by atoms with Gasteiger partial charge in [0.2, 0.25) is 0 Å². The highest BCUT2D eigenvalue weighted by atomic mass is 16.5. The van der Waals surface area contributed by atoms with E-state index in [9.17, 15) is 5.11 Å². The Morgan fingerprint density at radius 2 is 2.00 bits per heavy atom. The number of hydrogen-bond donors (Lipinski definition) is 1. The molecule has 0 saturated heterocycles. The van der Waals surface area contributed by atoms with Crippen LogP contribution in [0.5, 0.6) is 11.7 Å². The van der Waals surface area contributed by atoms with Crippen LogP contribution in [0.3, 0.4) is 0 Å². The predicted molar refractivity (Wildman–Crippen MR) is 70.2 cm³/mol. The largest absolute Gasteiger partial charge is 0.496 e. The lowest BCUT2D eigenvalue weighted by atomic mass is 10.1. The Balaban J connectivity index is 2.28. The molecule has 96 valence electrons. The van der Waals surface area contributed by atoms with Crippen LogP contribution >= 0.6 is 0 Å². The van der Waals surface area contributed by atoms with Crippen LogP contribution < -0.4 is 4.74 Å². The lowest BCUT2D eigenvalue weighted by Crippen LogP contribution is -1.91. The number of rotatable bonds is 2. The van der Waals surface area contributed by atoms with E-state index in [1.54, 1.807) is 20.1 Å². The highest BCUT2D eigenvalue weighted by Gasteiger charge is 2.16. The first-order valence-electron chi connectivity index (χ1n) is 5.79. The van der Waals surface area contributed by atoms with Crippen LogP contribution in [0, 0.1) is 6.92 Å². The molecular weight excluding hydrogens is 244 g/mol. The van der Waals surface area contributed by atoms with Gasteiger partial charge in [0.25, 0.3) is 0 Å². The monoisotopic (exact) mass is 256 g/mol. The van der Waals surface area contributed by atoms with Gasteiger partial charge in [0.1, 0.15) is 11.4 Å². The lowest BCUT2D eigenvalue weighted by Gasteiger charge is -2.06. The lowest BCUT2D eigenvalue weighted by molar-refractivity contribution is 0.324. The van der Waals surface area contributed by atoms with Crippen LogP contribution in [0.15, 0.2) is 34.7 Å². The fourth-order valence-electron chi connectivity index (χ4n) is 2.02. The van der Waals surface area contributed by atoms with Gasteiger partial charge in [0.05, 0.1) is 12.6 Å². The molecule has 0 fully saturated rings. The van der Waals surface area contributed by atoms with Gasteiger partial charge in [-0.15, -0.1) is 0 Å². The summed E-state index contributed by atoms with van der Waals surface area (Å²) in [6.45, 7) is 1.67.